The van der Waals surface area contributed by atoms with Gasteiger partial charge in [0.15, 0.2) is 0 Å². The maximum atomic E-state index is 13.4. The van der Waals surface area contributed by atoms with Gasteiger partial charge in [-0.25, -0.2) is 4.39 Å². The van der Waals surface area contributed by atoms with Crippen molar-refractivity contribution in [3.63, 3.8) is 0 Å². The zero-order valence-corrected chi connectivity index (χ0v) is 12.5. The number of rotatable bonds is 4. The molecule has 0 heterocycles. The molecule has 0 bridgehead atoms. The Morgan fingerprint density at radius 3 is 2.79 bits per heavy atom. The predicted molar refractivity (Wildman–Crippen MR) is 80.9 cm³/mol. The van der Waals surface area contributed by atoms with Crippen molar-refractivity contribution in [2.24, 2.45) is 0 Å². The molecule has 2 rings (SSSR count). The average molecular weight is 373 g/mol. The van der Waals surface area contributed by atoms with Crippen LogP contribution in [0.25, 0.3) is 0 Å². The van der Waals surface area contributed by atoms with Crippen LogP contribution in [0.1, 0.15) is 5.56 Å². The van der Waals surface area contributed by atoms with E-state index in [0.717, 1.165) is 11.3 Å². The van der Waals surface area contributed by atoms with Crippen LogP contribution in [0.5, 0.6) is 11.5 Å². The minimum absolute atomic E-state index is 0.307. The SMILES string of the molecule is COc1cccc(COc2cc(F)c(I)cc2N)c1. The maximum Gasteiger partial charge on any atom is 0.145 e. The quantitative estimate of drug-likeness (QED) is 0.658. The van der Waals surface area contributed by atoms with Gasteiger partial charge in [0.25, 0.3) is 0 Å². The first-order valence-electron chi connectivity index (χ1n) is 5.60. The van der Waals surface area contributed by atoms with Crippen LogP contribution in [-0.2, 0) is 6.61 Å². The minimum Gasteiger partial charge on any atom is -0.497 e. The molecule has 0 radical (unpaired) electrons. The third-order valence-corrected chi connectivity index (χ3v) is 3.41. The summed E-state index contributed by atoms with van der Waals surface area (Å²) in [6.45, 7) is 0.307. The van der Waals surface area contributed by atoms with Crippen LogP contribution in [-0.4, -0.2) is 7.11 Å². The van der Waals surface area contributed by atoms with E-state index in [4.69, 9.17) is 15.2 Å². The summed E-state index contributed by atoms with van der Waals surface area (Å²) in [5, 5.41) is 0. The van der Waals surface area contributed by atoms with Crippen molar-refractivity contribution in [2.75, 3.05) is 12.8 Å². The molecular weight excluding hydrogens is 360 g/mol. The molecule has 19 heavy (non-hydrogen) atoms. The van der Waals surface area contributed by atoms with Crippen molar-refractivity contribution in [3.8, 4) is 11.5 Å². The fraction of sp³-hybridized carbons (Fsp3) is 0.143. The highest BCUT2D eigenvalue weighted by molar-refractivity contribution is 14.1. The number of hydrogen-bond acceptors (Lipinski definition) is 3. The second kappa shape index (κ2) is 6.10. The summed E-state index contributed by atoms with van der Waals surface area (Å²) < 4.78 is 24.6. The Bertz CT molecular complexity index is 590. The number of nitrogens with two attached hydrogens (primary N) is 1. The first-order chi connectivity index (χ1) is 9.10. The lowest BCUT2D eigenvalue weighted by molar-refractivity contribution is 0.305. The van der Waals surface area contributed by atoms with Crippen LogP contribution in [0, 0.1) is 9.39 Å². The summed E-state index contributed by atoms with van der Waals surface area (Å²) in [4.78, 5) is 0. The molecular formula is C14H13FINO2. The molecule has 0 amide bonds. The summed E-state index contributed by atoms with van der Waals surface area (Å²) in [6, 6.07) is 10.3. The molecule has 5 heteroatoms. The van der Waals surface area contributed by atoms with E-state index in [9.17, 15) is 4.39 Å². The molecule has 0 unspecified atom stereocenters. The van der Waals surface area contributed by atoms with Crippen LogP contribution in [0.3, 0.4) is 0 Å². The van der Waals surface area contributed by atoms with E-state index in [0.29, 0.717) is 21.6 Å². The molecule has 0 aliphatic heterocycles. The van der Waals surface area contributed by atoms with Gasteiger partial charge in [0.05, 0.1) is 16.4 Å². The first kappa shape index (κ1) is 13.9. The number of ether oxygens (including phenoxy) is 2. The largest absolute Gasteiger partial charge is 0.497 e. The smallest absolute Gasteiger partial charge is 0.145 e. The second-order valence-electron chi connectivity index (χ2n) is 3.94. The molecule has 2 N–H and O–H groups in total. The van der Waals surface area contributed by atoms with Gasteiger partial charge < -0.3 is 15.2 Å². The summed E-state index contributed by atoms with van der Waals surface area (Å²) in [7, 11) is 1.60. The van der Waals surface area contributed by atoms with Crippen molar-refractivity contribution in [3.05, 3.63) is 51.3 Å². The zero-order valence-electron chi connectivity index (χ0n) is 10.3. The Morgan fingerprint density at radius 1 is 1.26 bits per heavy atom. The Labute approximate surface area is 124 Å². The number of hydrogen-bond donors (Lipinski definition) is 1. The van der Waals surface area contributed by atoms with E-state index in [-0.39, 0.29) is 5.82 Å². The highest BCUT2D eigenvalue weighted by Crippen LogP contribution is 2.27. The number of nitrogen functional groups attached to an aromatic ring is 1. The molecule has 0 aliphatic carbocycles. The lowest BCUT2D eigenvalue weighted by Gasteiger charge is -2.10. The van der Waals surface area contributed by atoms with Crippen LogP contribution < -0.4 is 15.2 Å². The van der Waals surface area contributed by atoms with Crippen molar-refractivity contribution < 1.29 is 13.9 Å². The summed E-state index contributed by atoms with van der Waals surface area (Å²) in [5.41, 5.74) is 7.14. The molecule has 2 aromatic carbocycles. The van der Waals surface area contributed by atoms with Crippen LogP contribution in [0.15, 0.2) is 36.4 Å². The summed E-state index contributed by atoms with van der Waals surface area (Å²) in [5.74, 6) is 0.763. The number of benzene rings is 2. The Morgan fingerprint density at radius 2 is 2.05 bits per heavy atom. The van der Waals surface area contributed by atoms with Gasteiger partial charge in [-0.3, -0.25) is 0 Å². The van der Waals surface area contributed by atoms with Crippen LogP contribution in [0.2, 0.25) is 0 Å². The highest BCUT2D eigenvalue weighted by atomic mass is 127. The van der Waals surface area contributed by atoms with E-state index in [1.165, 1.54) is 6.07 Å². The van der Waals surface area contributed by atoms with Gasteiger partial charge in [-0.05, 0) is 46.4 Å². The lowest BCUT2D eigenvalue weighted by atomic mass is 10.2. The van der Waals surface area contributed by atoms with E-state index in [1.807, 2.05) is 46.9 Å². The number of halogens is 2. The molecule has 0 aromatic heterocycles. The van der Waals surface area contributed by atoms with E-state index < -0.39 is 0 Å². The molecule has 0 atom stereocenters. The molecule has 3 nitrogen and oxygen atoms in total. The van der Waals surface area contributed by atoms with Gasteiger partial charge in [0.1, 0.15) is 23.9 Å². The third-order valence-electron chi connectivity index (χ3n) is 2.58. The fourth-order valence-electron chi connectivity index (χ4n) is 1.59. The molecule has 0 spiro atoms. The van der Waals surface area contributed by atoms with Gasteiger partial charge >= 0.3 is 0 Å². The van der Waals surface area contributed by atoms with Gasteiger partial charge in [-0.1, -0.05) is 12.1 Å². The number of anilines is 1. The van der Waals surface area contributed by atoms with Gasteiger partial charge in [0.2, 0.25) is 0 Å². The Hall–Kier alpha value is -1.50. The topological polar surface area (TPSA) is 44.5 Å². The van der Waals surface area contributed by atoms with Crippen LogP contribution in [0.4, 0.5) is 10.1 Å². The molecule has 100 valence electrons. The van der Waals surface area contributed by atoms with Crippen molar-refractivity contribution in [1.82, 2.24) is 0 Å². The van der Waals surface area contributed by atoms with E-state index in [2.05, 4.69) is 0 Å². The standard InChI is InChI=1S/C14H13FINO2/c1-18-10-4-2-3-9(5-10)8-19-14-6-11(15)12(16)7-13(14)17/h2-7H,8,17H2,1H3. The maximum absolute atomic E-state index is 13.4. The highest BCUT2D eigenvalue weighted by Gasteiger charge is 2.07. The fourth-order valence-corrected chi connectivity index (χ4v) is 2.08. The first-order valence-corrected chi connectivity index (χ1v) is 6.68. The molecule has 0 saturated carbocycles. The van der Waals surface area contributed by atoms with Gasteiger partial charge in [-0.15, -0.1) is 0 Å². The Balaban J connectivity index is 2.12. The molecule has 0 fully saturated rings. The van der Waals surface area contributed by atoms with E-state index >= 15 is 0 Å². The van der Waals surface area contributed by atoms with Crippen LogP contribution >= 0.6 is 22.6 Å². The number of methoxy groups -OCH3 is 1. The predicted octanol–water partition coefficient (Wildman–Crippen LogP) is 3.60. The minimum atomic E-state index is -0.338. The second-order valence-corrected chi connectivity index (χ2v) is 5.11. The summed E-state index contributed by atoms with van der Waals surface area (Å²) >= 11 is 1.89. The zero-order chi connectivity index (χ0) is 13.8. The Kier molecular flexibility index (Phi) is 4.47. The third kappa shape index (κ3) is 3.50. The monoisotopic (exact) mass is 373 g/mol. The summed E-state index contributed by atoms with van der Waals surface area (Å²) in [6.07, 6.45) is 0. The molecule has 2 aromatic rings. The molecule has 0 aliphatic rings. The van der Waals surface area contributed by atoms with Crippen molar-refractivity contribution in [2.45, 2.75) is 6.61 Å². The van der Waals surface area contributed by atoms with Gasteiger partial charge in [0, 0.05) is 6.07 Å². The molecule has 0 saturated heterocycles. The van der Waals surface area contributed by atoms with Crippen molar-refractivity contribution in [1.29, 1.82) is 0 Å². The van der Waals surface area contributed by atoms with E-state index in [1.54, 1.807) is 13.2 Å². The van der Waals surface area contributed by atoms with Gasteiger partial charge in [-0.2, -0.15) is 0 Å². The van der Waals surface area contributed by atoms with Crippen molar-refractivity contribution >= 4 is 28.3 Å². The average Bonchev–Trinajstić information content (AvgIpc) is 2.41. The lowest BCUT2D eigenvalue weighted by Crippen LogP contribution is -2.00. The normalized spacial score (nSPS) is 10.3.